The summed E-state index contributed by atoms with van der Waals surface area (Å²) in [5, 5.41) is 15.8. The minimum absolute atomic E-state index is 0.0615. The summed E-state index contributed by atoms with van der Waals surface area (Å²) in [6.45, 7) is 6.99. The Balaban J connectivity index is 0. The summed E-state index contributed by atoms with van der Waals surface area (Å²) in [7, 11) is 0. The maximum atomic E-state index is 8.02. The predicted molar refractivity (Wildman–Crippen MR) is 40.5 cm³/mol. The third-order valence-electron chi connectivity index (χ3n) is 0.456. The Hall–Kier alpha value is -0.800. The van der Waals surface area contributed by atoms with Crippen LogP contribution in [0.3, 0.4) is 0 Å². The van der Waals surface area contributed by atoms with Crippen molar-refractivity contribution in [2.75, 3.05) is 19.8 Å². The van der Waals surface area contributed by atoms with Gasteiger partial charge >= 0.3 is 0 Å². The molecule has 0 aromatic heterocycles. The summed E-state index contributed by atoms with van der Waals surface area (Å²) in [6, 6.07) is 0. The Bertz CT molecular complexity index is 71.3. The lowest BCUT2D eigenvalue weighted by atomic mass is 10.7. The second-order valence-electron chi connectivity index (χ2n) is 1.23. The van der Waals surface area contributed by atoms with Crippen LogP contribution in [0.25, 0.3) is 0 Å². The van der Waals surface area contributed by atoms with Gasteiger partial charge in [0.1, 0.15) is 6.61 Å². The number of rotatable bonds is 4. The molecule has 3 heteroatoms. The van der Waals surface area contributed by atoms with Gasteiger partial charge in [0, 0.05) is 0 Å². The van der Waals surface area contributed by atoms with Crippen LogP contribution in [0, 0.1) is 0 Å². The normalized spacial score (nSPS) is 7.00. The third-order valence-corrected chi connectivity index (χ3v) is 0.456. The van der Waals surface area contributed by atoms with E-state index in [1.54, 1.807) is 0 Å². The van der Waals surface area contributed by atoms with Gasteiger partial charge < -0.3 is 14.9 Å². The molecule has 2 N–H and O–H groups in total. The van der Waals surface area contributed by atoms with Gasteiger partial charge in [0.25, 0.3) is 0 Å². The fourth-order valence-electron chi connectivity index (χ4n) is 0.136. The molecule has 0 bridgehead atoms. The van der Waals surface area contributed by atoms with Crippen LogP contribution in [-0.2, 0) is 4.74 Å². The highest BCUT2D eigenvalue weighted by Gasteiger charge is 1.69. The number of hydrogen-bond acceptors (Lipinski definition) is 3. The zero-order valence-electron chi connectivity index (χ0n) is 5.99. The van der Waals surface area contributed by atoms with E-state index in [9.17, 15) is 0 Å². The highest BCUT2D eigenvalue weighted by molar-refractivity contribution is 4.60. The van der Waals surface area contributed by atoms with Crippen molar-refractivity contribution >= 4 is 0 Å². The Morgan fingerprint density at radius 1 is 1.30 bits per heavy atom. The maximum Gasteiger partial charge on any atom is 0.110 e. The van der Waals surface area contributed by atoms with Gasteiger partial charge in [-0.05, 0) is 0 Å². The molecule has 0 unspecified atom stereocenters. The van der Waals surface area contributed by atoms with Gasteiger partial charge in [-0.15, -0.1) is 6.58 Å². The molecule has 0 radical (unpaired) electrons. The van der Waals surface area contributed by atoms with Crippen LogP contribution in [0.2, 0.25) is 0 Å². The third kappa shape index (κ3) is 27.0. The smallest absolute Gasteiger partial charge is 0.110 e. The van der Waals surface area contributed by atoms with E-state index in [1.165, 1.54) is 12.3 Å². The van der Waals surface area contributed by atoms with Gasteiger partial charge in [0.15, 0.2) is 0 Å². The van der Waals surface area contributed by atoms with Crippen molar-refractivity contribution < 1.29 is 14.9 Å². The molecular formula is C7H14O3. The predicted octanol–water partition coefficient (Wildman–Crippen LogP) is 0.303. The Labute approximate surface area is 61.3 Å². The molecule has 0 saturated heterocycles. The maximum absolute atomic E-state index is 8.02. The second kappa shape index (κ2) is 15.7. The van der Waals surface area contributed by atoms with E-state index < -0.39 is 0 Å². The molecule has 60 valence electrons. The minimum Gasteiger partial charge on any atom is -0.499 e. The average molecular weight is 146 g/mol. The summed E-state index contributed by atoms with van der Waals surface area (Å²) < 4.78 is 4.50. The van der Waals surface area contributed by atoms with Gasteiger partial charge in [-0.1, -0.05) is 12.7 Å². The van der Waals surface area contributed by atoms with Crippen molar-refractivity contribution in [3.63, 3.8) is 0 Å². The van der Waals surface area contributed by atoms with Crippen molar-refractivity contribution in [3.8, 4) is 0 Å². The molecular weight excluding hydrogens is 132 g/mol. The molecule has 0 amide bonds. The fraction of sp³-hybridized carbons (Fsp3) is 0.429. The molecule has 0 aliphatic heterocycles. The Morgan fingerprint density at radius 2 is 1.80 bits per heavy atom. The number of aliphatic hydroxyl groups excluding tert-OH is 2. The molecule has 0 spiro atoms. The summed E-state index contributed by atoms with van der Waals surface area (Å²) in [5.41, 5.74) is 0. The molecule has 0 saturated carbocycles. The molecule has 0 rings (SSSR count). The van der Waals surface area contributed by atoms with Crippen LogP contribution in [0.5, 0.6) is 0 Å². The Kier molecular flexibility index (Phi) is 18.8. The second-order valence-corrected chi connectivity index (χ2v) is 1.23. The summed E-state index contributed by atoms with van der Waals surface area (Å²) in [5.74, 6) is 0. The molecule has 10 heavy (non-hydrogen) atoms. The molecule has 0 fully saturated rings. The van der Waals surface area contributed by atoms with Crippen LogP contribution in [-0.4, -0.2) is 30.0 Å². The quantitative estimate of drug-likeness (QED) is 0.341. The molecule has 0 aromatic rings. The first kappa shape index (κ1) is 11.9. The lowest BCUT2D eigenvalue weighted by Gasteiger charge is -1.89. The van der Waals surface area contributed by atoms with E-state index >= 15 is 0 Å². The van der Waals surface area contributed by atoms with Crippen molar-refractivity contribution in [1.82, 2.24) is 0 Å². The van der Waals surface area contributed by atoms with Crippen molar-refractivity contribution in [1.29, 1.82) is 0 Å². The van der Waals surface area contributed by atoms with Crippen LogP contribution >= 0.6 is 0 Å². The SMILES string of the molecule is C=CCO.C=COCCO. The van der Waals surface area contributed by atoms with E-state index in [1.807, 2.05) is 0 Å². The van der Waals surface area contributed by atoms with Crippen LogP contribution < -0.4 is 0 Å². The largest absolute Gasteiger partial charge is 0.499 e. The van der Waals surface area contributed by atoms with Crippen molar-refractivity contribution in [2.24, 2.45) is 0 Å². The van der Waals surface area contributed by atoms with Gasteiger partial charge in [-0.2, -0.15) is 0 Å². The van der Waals surface area contributed by atoms with E-state index in [4.69, 9.17) is 10.2 Å². The standard InChI is InChI=1S/C4H8O2.C3H6O/c1-2-6-4-3-5;1-2-3-4/h2,5H,1,3-4H2;2,4H,1,3H2. The summed E-state index contributed by atoms with van der Waals surface area (Å²) >= 11 is 0. The highest BCUT2D eigenvalue weighted by atomic mass is 16.5. The molecule has 0 heterocycles. The lowest BCUT2D eigenvalue weighted by Crippen LogP contribution is -1.90. The van der Waals surface area contributed by atoms with Gasteiger partial charge in [-0.3, -0.25) is 0 Å². The van der Waals surface area contributed by atoms with Gasteiger partial charge in [0.2, 0.25) is 0 Å². The summed E-state index contributed by atoms with van der Waals surface area (Å²) in [6.07, 6.45) is 2.73. The van der Waals surface area contributed by atoms with Crippen molar-refractivity contribution in [3.05, 3.63) is 25.5 Å². The lowest BCUT2D eigenvalue weighted by molar-refractivity contribution is 0.166. The zero-order chi connectivity index (χ0) is 8.24. The van der Waals surface area contributed by atoms with E-state index in [0.29, 0.717) is 6.61 Å². The van der Waals surface area contributed by atoms with Crippen LogP contribution in [0.15, 0.2) is 25.5 Å². The molecule has 0 aromatic carbocycles. The first-order valence-corrected chi connectivity index (χ1v) is 2.88. The van der Waals surface area contributed by atoms with E-state index in [0.717, 1.165) is 0 Å². The highest BCUT2D eigenvalue weighted by Crippen LogP contribution is 1.67. The first-order valence-electron chi connectivity index (χ1n) is 2.88. The molecule has 0 aliphatic rings. The minimum atomic E-state index is 0.0615. The zero-order valence-corrected chi connectivity index (χ0v) is 5.99. The number of ether oxygens (including phenoxy) is 1. The number of aliphatic hydroxyl groups is 2. The van der Waals surface area contributed by atoms with Gasteiger partial charge in [0.05, 0.1) is 19.5 Å². The van der Waals surface area contributed by atoms with Crippen LogP contribution in [0.4, 0.5) is 0 Å². The van der Waals surface area contributed by atoms with Crippen LogP contribution in [0.1, 0.15) is 0 Å². The first-order chi connectivity index (χ1) is 4.83. The van der Waals surface area contributed by atoms with Gasteiger partial charge in [-0.25, -0.2) is 0 Å². The topological polar surface area (TPSA) is 49.7 Å². The van der Waals surface area contributed by atoms with E-state index in [-0.39, 0.29) is 13.2 Å². The molecule has 3 nitrogen and oxygen atoms in total. The summed E-state index contributed by atoms with van der Waals surface area (Å²) in [4.78, 5) is 0. The fourth-order valence-corrected chi connectivity index (χ4v) is 0.136. The van der Waals surface area contributed by atoms with E-state index in [2.05, 4.69) is 17.9 Å². The Morgan fingerprint density at radius 3 is 1.90 bits per heavy atom. The monoisotopic (exact) mass is 146 g/mol. The molecule has 0 atom stereocenters. The number of hydrogen-bond donors (Lipinski definition) is 2. The average Bonchev–Trinajstić information content (AvgIpc) is 2.01. The van der Waals surface area contributed by atoms with Crippen molar-refractivity contribution in [2.45, 2.75) is 0 Å². The molecule has 0 aliphatic carbocycles.